The van der Waals surface area contributed by atoms with Gasteiger partial charge in [-0.25, -0.2) is 4.39 Å². The fraction of sp³-hybridized carbons (Fsp3) is 0.417. The molecule has 0 unspecified atom stereocenters. The first-order valence-electron chi connectivity index (χ1n) is 5.02. The van der Waals surface area contributed by atoms with Gasteiger partial charge in [-0.3, -0.25) is 4.79 Å². The molecule has 2 nitrogen and oxygen atoms in total. The van der Waals surface area contributed by atoms with Gasteiger partial charge in [-0.1, -0.05) is 13.3 Å². The molecule has 0 spiro atoms. The first-order valence-corrected chi connectivity index (χ1v) is 5.02. The zero-order chi connectivity index (χ0) is 11.4. The SMILES string of the molecule is CCCc1cc(OC(C)=O)c(C)cc1[18F]. The molecule has 3 heteroatoms. The summed E-state index contributed by atoms with van der Waals surface area (Å²) in [5, 5.41) is 0. The van der Waals surface area contributed by atoms with E-state index in [2.05, 4.69) is 0 Å². The molecule has 0 aliphatic heterocycles. The van der Waals surface area contributed by atoms with E-state index in [-0.39, 0.29) is 11.8 Å². The number of rotatable bonds is 3. The zero-order valence-corrected chi connectivity index (χ0v) is 9.26. The lowest BCUT2D eigenvalue weighted by Crippen LogP contribution is -2.04. The first kappa shape index (κ1) is 11.7. The number of ether oxygens (including phenoxy) is 1. The van der Waals surface area contributed by atoms with Gasteiger partial charge in [-0.15, -0.1) is 0 Å². The van der Waals surface area contributed by atoms with E-state index in [9.17, 15) is 9.18 Å². The van der Waals surface area contributed by atoms with Gasteiger partial charge in [0.25, 0.3) is 0 Å². The summed E-state index contributed by atoms with van der Waals surface area (Å²) in [6.45, 7) is 5.03. The molecule has 0 atom stereocenters. The molecule has 0 aliphatic rings. The molecule has 0 amide bonds. The van der Waals surface area contributed by atoms with Crippen LogP contribution >= 0.6 is 0 Å². The topological polar surface area (TPSA) is 26.3 Å². The Morgan fingerprint density at radius 1 is 1.47 bits per heavy atom. The average Bonchev–Trinajstić information content (AvgIpc) is 2.12. The minimum absolute atomic E-state index is 0.231. The smallest absolute Gasteiger partial charge is 0.308 e. The fourth-order valence-corrected chi connectivity index (χ4v) is 1.42. The minimum atomic E-state index is -0.382. The highest BCUT2D eigenvalue weighted by Crippen LogP contribution is 2.23. The van der Waals surface area contributed by atoms with E-state index in [1.807, 2.05) is 6.92 Å². The van der Waals surface area contributed by atoms with E-state index in [1.165, 1.54) is 13.0 Å². The Kier molecular flexibility index (Phi) is 3.83. The largest absolute Gasteiger partial charge is 0.426 e. The predicted octanol–water partition coefficient (Wildman–Crippen LogP) is 3.01. The number of benzene rings is 1. The van der Waals surface area contributed by atoms with Crippen LogP contribution in [0.1, 0.15) is 31.4 Å². The van der Waals surface area contributed by atoms with Crippen LogP contribution in [0, 0.1) is 12.7 Å². The Hall–Kier alpha value is -1.38. The lowest BCUT2D eigenvalue weighted by Gasteiger charge is -2.09. The molecule has 0 aromatic heterocycles. The van der Waals surface area contributed by atoms with Crippen LogP contribution in [0.4, 0.5) is 4.39 Å². The van der Waals surface area contributed by atoms with Crippen LogP contribution in [0.2, 0.25) is 0 Å². The molecule has 0 fully saturated rings. The molecule has 1 rings (SSSR count). The highest BCUT2D eigenvalue weighted by Gasteiger charge is 2.09. The van der Waals surface area contributed by atoms with Crippen LogP contribution in [0.3, 0.4) is 0 Å². The number of halogens is 1. The summed E-state index contributed by atoms with van der Waals surface area (Å²) in [5.41, 5.74) is 1.24. The van der Waals surface area contributed by atoms with Crippen molar-refractivity contribution < 1.29 is 13.9 Å². The quantitative estimate of drug-likeness (QED) is 0.565. The molecule has 0 heterocycles. The maximum atomic E-state index is 13.4. The molecular formula is C12H15FO2. The summed E-state index contributed by atoms with van der Waals surface area (Å²) in [4.78, 5) is 10.8. The Labute approximate surface area is 89.1 Å². The monoisotopic (exact) mass is 209 g/mol. The Bertz CT molecular complexity index is 372. The van der Waals surface area contributed by atoms with Crippen molar-refractivity contribution in [1.82, 2.24) is 0 Å². The number of carbonyl (C=O) groups excluding carboxylic acids is 1. The van der Waals surface area contributed by atoms with Gasteiger partial charge in [0.1, 0.15) is 11.6 Å². The van der Waals surface area contributed by atoms with Crippen LogP contribution in [-0.2, 0) is 11.2 Å². The molecule has 1 aromatic rings. The van der Waals surface area contributed by atoms with E-state index in [0.717, 1.165) is 6.42 Å². The molecule has 0 bridgehead atoms. The predicted molar refractivity (Wildman–Crippen MR) is 56.4 cm³/mol. The van der Waals surface area contributed by atoms with Gasteiger partial charge in [0.2, 0.25) is 0 Å². The van der Waals surface area contributed by atoms with Crippen molar-refractivity contribution in [2.45, 2.75) is 33.6 Å². The first-order chi connectivity index (χ1) is 7.04. The fourth-order valence-electron chi connectivity index (χ4n) is 1.42. The molecule has 15 heavy (non-hydrogen) atoms. The minimum Gasteiger partial charge on any atom is -0.426 e. The summed E-state index contributed by atoms with van der Waals surface area (Å²) < 4.78 is 18.4. The summed E-state index contributed by atoms with van der Waals surface area (Å²) in [7, 11) is 0. The van der Waals surface area contributed by atoms with Crippen molar-refractivity contribution in [2.24, 2.45) is 0 Å². The van der Waals surface area contributed by atoms with Crippen LogP contribution in [0.5, 0.6) is 5.75 Å². The van der Waals surface area contributed by atoms with Crippen LogP contribution in [-0.4, -0.2) is 5.97 Å². The van der Waals surface area contributed by atoms with Crippen molar-refractivity contribution in [1.29, 1.82) is 0 Å². The van der Waals surface area contributed by atoms with E-state index < -0.39 is 0 Å². The number of hydrogen-bond acceptors (Lipinski definition) is 2. The van der Waals surface area contributed by atoms with Crippen LogP contribution in [0.15, 0.2) is 12.1 Å². The molecule has 82 valence electrons. The Morgan fingerprint density at radius 3 is 2.67 bits per heavy atom. The van der Waals surface area contributed by atoms with Crippen molar-refractivity contribution in [3.05, 3.63) is 29.1 Å². The van der Waals surface area contributed by atoms with E-state index in [1.54, 1.807) is 13.0 Å². The van der Waals surface area contributed by atoms with Gasteiger partial charge >= 0.3 is 5.97 Å². The molecule has 0 N–H and O–H groups in total. The summed E-state index contributed by atoms with van der Waals surface area (Å²) in [6, 6.07) is 3.01. The van der Waals surface area contributed by atoms with E-state index in [4.69, 9.17) is 4.74 Å². The van der Waals surface area contributed by atoms with Gasteiger partial charge in [-0.2, -0.15) is 0 Å². The lowest BCUT2D eigenvalue weighted by atomic mass is 10.1. The Morgan fingerprint density at radius 2 is 2.13 bits per heavy atom. The third kappa shape index (κ3) is 3.05. The van der Waals surface area contributed by atoms with Crippen molar-refractivity contribution in [2.75, 3.05) is 0 Å². The lowest BCUT2D eigenvalue weighted by molar-refractivity contribution is -0.131. The standard InChI is InChI=1S/C12H15FO2/c1-4-5-10-7-12(15-9(3)14)8(2)6-11(10)13/h6-7H,4-5H2,1-3H3/i13-1. The van der Waals surface area contributed by atoms with Crippen molar-refractivity contribution in [3.63, 3.8) is 0 Å². The zero-order valence-electron chi connectivity index (χ0n) is 9.26. The third-order valence-electron chi connectivity index (χ3n) is 2.12. The van der Waals surface area contributed by atoms with E-state index >= 15 is 0 Å². The summed E-state index contributed by atoms with van der Waals surface area (Å²) in [6.07, 6.45) is 1.51. The second kappa shape index (κ2) is 4.91. The molecule has 1 aromatic carbocycles. The van der Waals surface area contributed by atoms with Gasteiger partial charge in [0.15, 0.2) is 0 Å². The summed E-state index contributed by atoms with van der Waals surface area (Å²) >= 11 is 0. The Balaban J connectivity index is 3.05. The third-order valence-corrected chi connectivity index (χ3v) is 2.12. The molecule has 0 saturated heterocycles. The molecule has 0 radical (unpaired) electrons. The number of aryl methyl sites for hydroxylation is 2. The molecule has 0 saturated carbocycles. The number of carbonyl (C=O) groups is 1. The number of esters is 1. The van der Waals surface area contributed by atoms with Crippen LogP contribution < -0.4 is 4.74 Å². The van der Waals surface area contributed by atoms with Gasteiger partial charge in [-0.05, 0) is 36.6 Å². The summed E-state index contributed by atoms with van der Waals surface area (Å²) in [5.74, 6) is -0.162. The molecule has 0 aliphatic carbocycles. The van der Waals surface area contributed by atoms with Crippen molar-refractivity contribution in [3.8, 4) is 5.75 Å². The maximum absolute atomic E-state index is 13.4. The normalized spacial score (nSPS) is 10.1. The van der Waals surface area contributed by atoms with Gasteiger partial charge in [0.05, 0.1) is 0 Å². The van der Waals surface area contributed by atoms with Crippen LogP contribution in [0.25, 0.3) is 0 Å². The van der Waals surface area contributed by atoms with Crippen molar-refractivity contribution >= 4 is 5.97 Å². The average molecular weight is 209 g/mol. The molecular weight excluding hydrogens is 194 g/mol. The van der Waals surface area contributed by atoms with E-state index in [0.29, 0.717) is 23.3 Å². The number of hydrogen-bond donors (Lipinski definition) is 0. The van der Waals surface area contributed by atoms with Gasteiger partial charge in [0, 0.05) is 6.92 Å². The maximum Gasteiger partial charge on any atom is 0.308 e. The highest BCUT2D eigenvalue weighted by atomic mass is 18.2. The van der Waals surface area contributed by atoms with Gasteiger partial charge < -0.3 is 4.74 Å². The second-order valence-electron chi connectivity index (χ2n) is 3.55. The highest BCUT2D eigenvalue weighted by molar-refractivity contribution is 5.69. The second-order valence-corrected chi connectivity index (χ2v) is 3.55.